The Morgan fingerprint density at radius 3 is 2.86 bits per heavy atom. The molecular weight excluding hydrogens is 340 g/mol. The van der Waals surface area contributed by atoms with Crippen LogP contribution in [-0.4, -0.2) is 33.5 Å². The van der Waals surface area contributed by atoms with Crippen LogP contribution in [0.1, 0.15) is 25.3 Å². The zero-order chi connectivity index (χ0) is 15.6. The van der Waals surface area contributed by atoms with Crippen LogP contribution in [0, 0.1) is 16.0 Å². The minimum atomic E-state index is -0.805. The van der Waals surface area contributed by atoms with Crippen LogP contribution < -0.4 is 0 Å². The fraction of sp³-hybridized carbons (Fsp3) is 0.500. The summed E-state index contributed by atoms with van der Waals surface area (Å²) < 4.78 is 0.638. The van der Waals surface area contributed by atoms with E-state index in [-0.39, 0.29) is 11.6 Å². The van der Waals surface area contributed by atoms with Gasteiger partial charge in [-0.05, 0) is 36.9 Å². The number of rotatable bonds is 4. The van der Waals surface area contributed by atoms with Gasteiger partial charge in [-0.1, -0.05) is 22.9 Å². The number of nitro groups is 1. The summed E-state index contributed by atoms with van der Waals surface area (Å²) in [7, 11) is 0. The lowest BCUT2D eigenvalue weighted by Crippen LogP contribution is -2.48. The van der Waals surface area contributed by atoms with Gasteiger partial charge in [0, 0.05) is 23.2 Å². The van der Waals surface area contributed by atoms with E-state index in [0.717, 1.165) is 24.9 Å². The molecule has 114 valence electrons. The lowest BCUT2D eigenvalue weighted by molar-refractivity contribution is -0.384. The molecule has 0 spiro atoms. The van der Waals surface area contributed by atoms with E-state index in [9.17, 15) is 20.0 Å². The van der Waals surface area contributed by atoms with Gasteiger partial charge in [-0.2, -0.15) is 0 Å². The molecule has 2 unspecified atom stereocenters. The number of hydrogen-bond acceptors (Lipinski definition) is 4. The van der Waals surface area contributed by atoms with Crippen molar-refractivity contribution in [2.24, 2.45) is 5.92 Å². The van der Waals surface area contributed by atoms with Crippen LogP contribution in [0.2, 0.25) is 0 Å². The average Bonchev–Trinajstić information content (AvgIpc) is 2.40. The molecule has 21 heavy (non-hydrogen) atoms. The van der Waals surface area contributed by atoms with Gasteiger partial charge >= 0.3 is 5.97 Å². The van der Waals surface area contributed by atoms with Crippen molar-refractivity contribution < 1.29 is 14.8 Å². The van der Waals surface area contributed by atoms with Crippen LogP contribution in [0.25, 0.3) is 0 Å². The van der Waals surface area contributed by atoms with Gasteiger partial charge < -0.3 is 5.11 Å². The number of likely N-dealkylation sites (tertiary alicyclic amines) is 1. The standard InChI is InChI=1S/C14H17BrN2O4/c1-9-3-2-6-16(13(9)14(18)19)8-10-4-5-11(17(20)21)7-12(10)15/h4-5,7,9,13H,2-3,6,8H2,1H3,(H,18,19). The van der Waals surface area contributed by atoms with E-state index in [0.29, 0.717) is 11.0 Å². The van der Waals surface area contributed by atoms with Crippen molar-refractivity contribution in [3.8, 4) is 0 Å². The molecule has 1 saturated heterocycles. The first-order chi connectivity index (χ1) is 9.90. The van der Waals surface area contributed by atoms with E-state index in [1.54, 1.807) is 6.07 Å². The van der Waals surface area contributed by atoms with Gasteiger partial charge in [-0.3, -0.25) is 19.8 Å². The minimum absolute atomic E-state index is 0.0208. The first-order valence-electron chi connectivity index (χ1n) is 6.80. The molecule has 2 rings (SSSR count). The summed E-state index contributed by atoms with van der Waals surface area (Å²) in [6, 6.07) is 4.09. The van der Waals surface area contributed by atoms with E-state index in [1.807, 2.05) is 11.8 Å². The van der Waals surface area contributed by atoms with Crippen molar-refractivity contribution in [1.82, 2.24) is 4.90 Å². The SMILES string of the molecule is CC1CCCN(Cc2ccc([N+](=O)[O-])cc2Br)C1C(=O)O. The third-order valence-electron chi connectivity index (χ3n) is 3.91. The maximum Gasteiger partial charge on any atom is 0.321 e. The predicted octanol–water partition coefficient (Wildman–Crippen LogP) is 3.04. The highest BCUT2D eigenvalue weighted by atomic mass is 79.9. The number of halogens is 1. The third kappa shape index (κ3) is 3.59. The number of piperidine rings is 1. The molecule has 1 aromatic rings. The molecule has 0 amide bonds. The molecule has 1 aromatic carbocycles. The molecule has 1 heterocycles. The van der Waals surface area contributed by atoms with Crippen LogP contribution in [0.4, 0.5) is 5.69 Å². The lowest BCUT2D eigenvalue weighted by Gasteiger charge is -2.37. The van der Waals surface area contributed by atoms with Gasteiger partial charge in [0.2, 0.25) is 0 Å². The van der Waals surface area contributed by atoms with Crippen molar-refractivity contribution in [3.63, 3.8) is 0 Å². The highest BCUT2D eigenvalue weighted by Crippen LogP contribution is 2.29. The van der Waals surface area contributed by atoms with Crippen LogP contribution in [0.3, 0.4) is 0 Å². The highest BCUT2D eigenvalue weighted by molar-refractivity contribution is 9.10. The van der Waals surface area contributed by atoms with Crippen molar-refractivity contribution in [2.75, 3.05) is 6.54 Å². The molecule has 0 saturated carbocycles. The van der Waals surface area contributed by atoms with Crippen molar-refractivity contribution in [2.45, 2.75) is 32.4 Å². The minimum Gasteiger partial charge on any atom is -0.480 e. The number of carboxylic acid groups (broad SMARTS) is 1. The monoisotopic (exact) mass is 356 g/mol. The van der Waals surface area contributed by atoms with Crippen LogP contribution in [0.15, 0.2) is 22.7 Å². The maximum absolute atomic E-state index is 11.5. The average molecular weight is 357 g/mol. The molecular formula is C14H17BrN2O4. The largest absolute Gasteiger partial charge is 0.480 e. The first-order valence-corrected chi connectivity index (χ1v) is 7.59. The zero-order valence-corrected chi connectivity index (χ0v) is 13.2. The zero-order valence-electron chi connectivity index (χ0n) is 11.7. The maximum atomic E-state index is 11.5. The van der Waals surface area contributed by atoms with E-state index in [2.05, 4.69) is 15.9 Å². The number of hydrogen-bond donors (Lipinski definition) is 1. The lowest BCUT2D eigenvalue weighted by atomic mass is 9.90. The number of nitro benzene ring substituents is 1. The summed E-state index contributed by atoms with van der Waals surface area (Å²) in [5.74, 6) is -0.701. The molecule has 1 N–H and O–H groups in total. The number of carbonyl (C=O) groups is 1. The van der Waals surface area contributed by atoms with Gasteiger partial charge in [0.25, 0.3) is 5.69 Å². The fourth-order valence-electron chi connectivity index (χ4n) is 2.85. The summed E-state index contributed by atoms with van der Waals surface area (Å²) in [5, 5.41) is 20.1. The van der Waals surface area contributed by atoms with Crippen molar-refractivity contribution in [3.05, 3.63) is 38.3 Å². The summed E-state index contributed by atoms with van der Waals surface area (Å²) in [6.07, 6.45) is 1.88. The van der Waals surface area contributed by atoms with Crippen molar-refractivity contribution >= 4 is 27.6 Å². The fourth-order valence-corrected chi connectivity index (χ4v) is 3.34. The number of carboxylic acids is 1. The summed E-state index contributed by atoms with van der Waals surface area (Å²) >= 11 is 3.34. The smallest absolute Gasteiger partial charge is 0.321 e. The molecule has 1 fully saturated rings. The third-order valence-corrected chi connectivity index (χ3v) is 4.65. The predicted molar refractivity (Wildman–Crippen MR) is 81.0 cm³/mol. The van der Waals surface area contributed by atoms with E-state index >= 15 is 0 Å². The molecule has 0 bridgehead atoms. The van der Waals surface area contributed by atoms with Crippen LogP contribution >= 0.6 is 15.9 Å². The van der Waals surface area contributed by atoms with Gasteiger partial charge in [0.1, 0.15) is 6.04 Å². The Kier molecular flexibility index (Phi) is 4.95. The molecule has 0 aromatic heterocycles. The second kappa shape index (κ2) is 6.53. The normalized spacial score (nSPS) is 23.0. The Bertz CT molecular complexity index is 564. The Morgan fingerprint density at radius 1 is 1.57 bits per heavy atom. The van der Waals surface area contributed by atoms with Gasteiger partial charge in [0.05, 0.1) is 4.92 Å². The molecule has 2 atom stereocenters. The Balaban J connectivity index is 2.20. The summed E-state index contributed by atoms with van der Waals surface area (Å²) in [5.41, 5.74) is 0.883. The van der Waals surface area contributed by atoms with E-state index in [4.69, 9.17) is 0 Å². The van der Waals surface area contributed by atoms with Gasteiger partial charge in [-0.25, -0.2) is 0 Å². The van der Waals surface area contributed by atoms with E-state index < -0.39 is 16.9 Å². The molecule has 1 aliphatic rings. The van der Waals surface area contributed by atoms with Crippen LogP contribution in [0.5, 0.6) is 0 Å². The Labute approximate surface area is 131 Å². The molecule has 0 aliphatic carbocycles. The Hall–Kier alpha value is -1.47. The van der Waals surface area contributed by atoms with Gasteiger partial charge in [0.15, 0.2) is 0 Å². The quantitative estimate of drug-likeness (QED) is 0.661. The highest BCUT2D eigenvalue weighted by Gasteiger charge is 2.34. The molecule has 6 nitrogen and oxygen atoms in total. The summed E-state index contributed by atoms with van der Waals surface area (Å²) in [6.45, 7) is 3.15. The number of aliphatic carboxylic acids is 1. The number of benzene rings is 1. The molecule has 7 heteroatoms. The van der Waals surface area contributed by atoms with Crippen molar-refractivity contribution in [1.29, 1.82) is 0 Å². The van der Waals surface area contributed by atoms with Gasteiger partial charge in [-0.15, -0.1) is 0 Å². The van der Waals surface area contributed by atoms with E-state index in [1.165, 1.54) is 12.1 Å². The first kappa shape index (κ1) is 15.9. The molecule has 0 radical (unpaired) electrons. The Morgan fingerprint density at radius 2 is 2.29 bits per heavy atom. The van der Waals surface area contributed by atoms with Crippen LogP contribution in [-0.2, 0) is 11.3 Å². The topological polar surface area (TPSA) is 83.7 Å². The number of non-ortho nitro benzene ring substituents is 1. The second-order valence-electron chi connectivity index (χ2n) is 5.41. The summed E-state index contributed by atoms with van der Waals surface area (Å²) in [4.78, 5) is 23.7. The second-order valence-corrected chi connectivity index (χ2v) is 6.26. The molecule has 1 aliphatic heterocycles. The number of nitrogens with zero attached hydrogens (tertiary/aromatic N) is 2.